The first-order valence-corrected chi connectivity index (χ1v) is 6.49. The summed E-state index contributed by atoms with van der Waals surface area (Å²) in [6.45, 7) is 0. The fraction of sp³-hybridized carbons (Fsp3) is 0.200. The number of halogens is 1. The maximum absolute atomic E-state index is 5.30. The van der Waals surface area contributed by atoms with Crippen LogP contribution in [-0.4, -0.2) is 7.11 Å². The van der Waals surface area contributed by atoms with E-state index < -0.39 is 0 Å². The van der Waals surface area contributed by atoms with E-state index >= 15 is 0 Å². The number of methoxy groups -OCH3 is 1. The zero-order valence-corrected chi connectivity index (χ0v) is 10.9. The van der Waals surface area contributed by atoms with Crippen LogP contribution < -0.4 is 4.74 Å². The third kappa shape index (κ3) is 1.66. The van der Waals surface area contributed by atoms with Gasteiger partial charge in [-0.3, -0.25) is 0 Å². The van der Waals surface area contributed by atoms with Crippen molar-refractivity contribution in [1.29, 1.82) is 0 Å². The van der Waals surface area contributed by atoms with E-state index in [1.54, 1.807) is 18.4 Å². The number of benzene rings is 1. The lowest BCUT2D eigenvalue weighted by Gasteiger charge is -2.03. The molecular formula is C10H9BrOS2. The first-order valence-electron chi connectivity index (χ1n) is 4.10. The Morgan fingerprint density at radius 3 is 2.93 bits per heavy atom. The number of ether oxygens (including phenoxy) is 1. The van der Waals surface area contributed by atoms with E-state index in [0.29, 0.717) is 0 Å². The van der Waals surface area contributed by atoms with Crippen molar-refractivity contribution in [2.24, 2.45) is 0 Å². The van der Waals surface area contributed by atoms with Gasteiger partial charge < -0.3 is 4.74 Å². The Bertz CT molecular complexity index is 423. The maximum atomic E-state index is 5.30. The molecule has 0 bridgehead atoms. The van der Waals surface area contributed by atoms with Gasteiger partial charge in [0.15, 0.2) is 0 Å². The highest BCUT2D eigenvalue weighted by atomic mass is 79.9. The molecule has 0 saturated carbocycles. The van der Waals surface area contributed by atoms with Gasteiger partial charge in [-0.25, -0.2) is 0 Å². The topological polar surface area (TPSA) is 9.23 Å². The van der Waals surface area contributed by atoms with E-state index in [0.717, 1.165) is 15.3 Å². The van der Waals surface area contributed by atoms with Gasteiger partial charge in [0.2, 0.25) is 0 Å². The van der Waals surface area contributed by atoms with Crippen LogP contribution in [0.3, 0.4) is 0 Å². The van der Waals surface area contributed by atoms with Crippen molar-refractivity contribution < 1.29 is 4.74 Å². The SMILES string of the molecule is COc1ccc(CBr)c2cc(S)sc12. The monoisotopic (exact) mass is 288 g/mol. The van der Waals surface area contributed by atoms with Crippen LogP contribution in [0.4, 0.5) is 0 Å². The molecule has 0 unspecified atom stereocenters. The highest BCUT2D eigenvalue weighted by molar-refractivity contribution is 9.08. The summed E-state index contributed by atoms with van der Waals surface area (Å²) in [6.07, 6.45) is 0. The molecule has 1 aromatic carbocycles. The van der Waals surface area contributed by atoms with Crippen molar-refractivity contribution in [3.63, 3.8) is 0 Å². The average molecular weight is 289 g/mol. The van der Waals surface area contributed by atoms with E-state index in [4.69, 9.17) is 4.74 Å². The lowest BCUT2D eigenvalue weighted by molar-refractivity contribution is 0.420. The fourth-order valence-electron chi connectivity index (χ4n) is 1.42. The predicted octanol–water partition coefficient (Wildman–Crippen LogP) is 4.09. The van der Waals surface area contributed by atoms with Crippen LogP contribution in [0.5, 0.6) is 5.75 Å². The van der Waals surface area contributed by atoms with Crippen molar-refractivity contribution in [1.82, 2.24) is 0 Å². The van der Waals surface area contributed by atoms with Crippen molar-refractivity contribution in [2.45, 2.75) is 9.54 Å². The third-order valence-electron chi connectivity index (χ3n) is 2.09. The van der Waals surface area contributed by atoms with Gasteiger partial charge in [-0.15, -0.1) is 24.0 Å². The molecule has 4 heteroatoms. The smallest absolute Gasteiger partial charge is 0.136 e. The van der Waals surface area contributed by atoms with Gasteiger partial charge in [0, 0.05) is 10.7 Å². The minimum atomic E-state index is 0.859. The van der Waals surface area contributed by atoms with Crippen LogP contribution >= 0.6 is 39.9 Å². The Balaban J connectivity index is 2.77. The molecule has 1 nitrogen and oxygen atoms in total. The van der Waals surface area contributed by atoms with Gasteiger partial charge in [-0.1, -0.05) is 22.0 Å². The molecule has 0 aliphatic carbocycles. The quantitative estimate of drug-likeness (QED) is 0.647. The Hall–Kier alpha value is -0.190. The Morgan fingerprint density at radius 1 is 1.50 bits per heavy atom. The lowest BCUT2D eigenvalue weighted by atomic mass is 10.1. The van der Waals surface area contributed by atoms with Crippen molar-refractivity contribution in [3.05, 3.63) is 23.8 Å². The summed E-state index contributed by atoms with van der Waals surface area (Å²) >= 11 is 9.49. The van der Waals surface area contributed by atoms with Crippen molar-refractivity contribution >= 4 is 50.0 Å². The molecule has 2 aromatic rings. The average Bonchev–Trinajstić information content (AvgIpc) is 2.57. The largest absolute Gasteiger partial charge is 0.495 e. The van der Waals surface area contributed by atoms with Crippen LogP contribution in [0.2, 0.25) is 0 Å². The molecule has 1 heterocycles. The van der Waals surface area contributed by atoms with E-state index in [1.165, 1.54) is 15.6 Å². The number of hydrogen-bond donors (Lipinski definition) is 1. The molecule has 0 radical (unpaired) electrons. The van der Waals surface area contributed by atoms with Gasteiger partial charge in [0.05, 0.1) is 16.0 Å². The minimum absolute atomic E-state index is 0.859. The summed E-state index contributed by atoms with van der Waals surface area (Å²) in [7, 11) is 1.69. The molecule has 0 N–H and O–H groups in total. The number of fused-ring (bicyclic) bond motifs is 1. The maximum Gasteiger partial charge on any atom is 0.136 e. The fourth-order valence-corrected chi connectivity index (χ4v) is 3.25. The summed E-state index contributed by atoms with van der Waals surface area (Å²) in [6, 6.07) is 6.17. The number of alkyl halides is 1. The summed E-state index contributed by atoms with van der Waals surface area (Å²) in [5, 5.41) is 2.09. The highest BCUT2D eigenvalue weighted by Gasteiger charge is 2.08. The first kappa shape index (κ1) is 10.3. The lowest BCUT2D eigenvalue weighted by Crippen LogP contribution is -1.84. The van der Waals surface area contributed by atoms with E-state index in [9.17, 15) is 0 Å². The minimum Gasteiger partial charge on any atom is -0.495 e. The van der Waals surface area contributed by atoms with E-state index in [2.05, 4.69) is 40.7 Å². The Labute approximate surface area is 101 Å². The molecule has 0 aliphatic heterocycles. The third-order valence-corrected chi connectivity index (χ3v) is 4.05. The summed E-state index contributed by atoms with van der Waals surface area (Å²) in [5.74, 6) is 0.926. The second-order valence-electron chi connectivity index (χ2n) is 2.89. The van der Waals surface area contributed by atoms with E-state index in [-0.39, 0.29) is 0 Å². The van der Waals surface area contributed by atoms with Gasteiger partial charge in [-0.2, -0.15) is 0 Å². The molecule has 0 saturated heterocycles. The molecule has 74 valence electrons. The highest BCUT2D eigenvalue weighted by Crippen LogP contribution is 2.37. The molecular weight excluding hydrogens is 280 g/mol. The normalized spacial score (nSPS) is 10.8. The number of hydrogen-bond acceptors (Lipinski definition) is 3. The zero-order chi connectivity index (χ0) is 10.1. The molecule has 0 spiro atoms. The van der Waals surface area contributed by atoms with Crippen LogP contribution in [0, 0.1) is 0 Å². The van der Waals surface area contributed by atoms with Crippen LogP contribution in [0.15, 0.2) is 22.4 Å². The predicted molar refractivity (Wildman–Crippen MR) is 68.3 cm³/mol. The number of thiol groups is 1. The zero-order valence-electron chi connectivity index (χ0n) is 7.58. The van der Waals surface area contributed by atoms with Gasteiger partial charge in [0.25, 0.3) is 0 Å². The molecule has 14 heavy (non-hydrogen) atoms. The van der Waals surface area contributed by atoms with E-state index in [1.807, 2.05) is 6.07 Å². The van der Waals surface area contributed by atoms with Crippen molar-refractivity contribution in [3.8, 4) is 5.75 Å². The Kier molecular flexibility index (Phi) is 3.04. The van der Waals surface area contributed by atoms with Crippen molar-refractivity contribution in [2.75, 3.05) is 7.11 Å². The molecule has 0 fully saturated rings. The summed E-state index contributed by atoms with van der Waals surface area (Å²) in [4.78, 5) is 0. The summed E-state index contributed by atoms with van der Waals surface area (Å²) in [5.41, 5.74) is 1.28. The standard InChI is InChI=1S/C10H9BrOS2/c1-12-8-3-2-6(5-11)7-4-9(13)14-10(7)8/h2-4,13H,5H2,1H3. The van der Waals surface area contributed by atoms with Gasteiger partial charge >= 0.3 is 0 Å². The molecule has 1 aromatic heterocycles. The number of rotatable bonds is 2. The molecule has 0 atom stereocenters. The van der Waals surface area contributed by atoms with Gasteiger partial charge in [-0.05, 0) is 17.7 Å². The van der Waals surface area contributed by atoms with Crippen LogP contribution in [0.25, 0.3) is 10.1 Å². The van der Waals surface area contributed by atoms with Gasteiger partial charge in [0.1, 0.15) is 5.75 Å². The molecule has 0 aliphatic rings. The summed E-state index contributed by atoms with van der Waals surface area (Å²) < 4.78 is 7.50. The number of thiophene rings is 1. The Morgan fingerprint density at radius 2 is 2.29 bits per heavy atom. The first-order chi connectivity index (χ1) is 6.76. The van der Waals surface area contributed by atoms with Crippen LogP contribution in [0.1, 0.15) is 5.56 Å². The second-order valence-corrected chi connectivity index (χ2v) is 5.29. The molecule has 0 amide bonds. The van der Waals surface area contributed by atoms with Crippen LogP contribution in [-0.2, 0) is 5.33 Å². The second kappa shape index (κ2) is 4.13. The molecule has 2 rings (SSSR count).